The summed E-state index contributed by atoms with van der Waals surface area (Å²) >= 11 is 6.08. The van der Waals surface area contributed by atoms with Crippen LogP contribution in [-0.2, 0) is 6.54 Å². The molecule has 0 atom stereocenters. The second kappa shape index (κ2) is 8.46. The molecule has 0 aliphatic rings. The van der Waals surface area contributed by atoms with Gasteiger partial charge in [-0.05, 0) is 35.9 Å². The van der Waals surface area contributed by atoms with Gasteiger partial charge in [-0.25, -0.2) is 14.4 Å². The number of aromatic nitrogens is 2. The lowest BCUT2D eigenvalue weighted by molar-refractivity contribution is 0.0945. The molecule has 0 bridgehead atoms. The predicted molar refractivity (Wildman–Crippen MR) is 101 cm³/mol. The molecule has 27 heavy (non-hydrogen) atoms. The van der Waals surface area contributed by atoms with Crippen LogP contribution in [0.15, 0.2) is 54.9 Å². The molecule has 1 aromatic heterocycles. The number of carbonyl (C=O) groups is 1. The minimum absolute atomic E-state index is 0.176. The number of nitrogens with zero attached hydrogens (tertiary/aromatic N) is 2. The average molecular weight is 387 g/mol. The summed E-state index contributed by atoms with van der Waals surface area (Å²) in [4.78, 5) is 20.4. The molecular weight excluding hydrogens is 371 g/mol. The molecular formula is C19H16ClFN4O2. The summed E-state index contributed by atoms with van der Waals surface area (Å²) in [6.07, 6.45) is 2.82. The molecule has 0 radical (unpaired) electrons. The highest BCUT2D eigenvalue weighted by Crippen LogP contribution is 2.28. The number of hydrogen-bond donors (Lipinski definition) is 2. The Morgan fingerprint density at radius 1 is 1.15 bits per heavy atom. The molecule has 8 heteroatoms. The molecule has 2 aromatic carbocycles. The van der Waals surface area contributed by atoms with Crippen LogP contribution in [-0.4, -0.2) is 23.0 Å². The molecule has 0 saturated heterocycles. The zero-order valence-electron chi connectivity index (χ0n) is 14.4. The number of halogens is 2. The van der Waals surface area contributed by atoms with Gasteiger partial charge < -0.3 is 15.4 Å². The van der Waals surface area contributed by atoms with Crippen LogP contribution in [0.2, 0.25) is 5.02 Å². The van der Waals surface area contributed by atoms with E-state index in [0.29, 0.717) is 22.3 Å². The summed E-state index contributed by atoms with van der Waals surface area (Å²) in [5, 5.41) is 6.22. The lowest BCUT2D eigenvalue weighted by atomic mass is 10.2. The van der Waals surface area contributed by atoms with Gasteiger partial charge in [-0.2, -0.15) is 0 Å². The molecule has 0 fully saturated rings. The Morgan fingerprint density at radius 2 is 1.93 bits per heavy atom. The zero-order chi connectivity index (χ0) is 19.2. The van der Waals surface area contributed by atoms with Crippen LogP contribution >= 0.6 is 11.6 Å². The molecule has 0 aliphatic heterocycles. The zero-order valence-corrected chi connectivity index (χ0v) is 15.1. The lowest BCUT2D eigenvalue weighted by Gasteiger charge is -2.09. The van der Waals surface area contributed by atoms with E-state index in [0.717, 1.165) is 5.56 Å². The van der Waals surface area contributed by atoms with E-state index in [4.69, 9.17) is 16.3 Å². The Hall–Kier alpha value is -3.19. The summed E-state index contributed by atoms with van der Waals surface area (Å²) in [6, 6.07) is 11.1. The highest BCUT2D eigenvalue weighted by Gasteiger charge is 2.09. The molecule has 2 N–H and O–H groups in total. The number of anilines is 2. The van der Waals surface area contributed by atoms with Gasteiger partial charge in [0.15, 0.2) is 0 Å². The molecule has 0 unspecified atom stereocenters. The normalized spacial score (nSPS) is 10.3. The predicted octanol–water partition coefficient (Wildman–Crippen LogP) is 3.95. The highest BCUT2D eigenvalue weighted by molar-refractivity contribution is 6.32. The second-order valence-corrected chi connectivity index (χ2v) is 5.98. The summed E-state index contributed by atoms with van der Waals surface area (Å²) in [7, 11) is 1.54. The van der Waals surface area contributed by atoms with Crippen molar-refractivity contribution in [1.82, 2.24) is 15.3 Å². The van der Waals surface area contributed by atoms with Gasteiger partial charge in [0, 0.05) is 12.2 Å². The maximum absolute atomic E-state index is 12.9. The van der Waals surface area contributed by atoms with Gasteiger partial charge in [0.25, 0.3) is 5.91 Å². The van der Waals surface area contributed by atoms with Crippen LogP contribution in [0.25, 0.3) is 0 Å². The first kappa shape index (κ1) is 18.6. The number of amides is 1. The third kappa shape index (κ3) is 4.92. The van der Waals surface area contributed by atoms with E-state index in [-0.39, 0.29) is 24.0 Å². The summed E-state index contributed by atoms with van der Waals surface area (Å²) in [5.41, 5.74) is 1.67. The summed E-state index contributed by atoms with van der Waals surface area (Å²) in [6.45, 7) is 0.269. The first-order chi connectivity index (χ1) is 13.0. The third-order valence-electron chi connectivity index (χ3n) is 3.68. The topological polar surface area (TPSA) is 76.1 Å². The van der Waals surface area contributed by atoms with Gasteiger partial charge in [0.1, 0.15) is 23.1 Å². The van der Waals surface area contributed by atoms with Crippen molar-refractivity contribution in [3.63, 3.8) is 0 Å². The van der Waals surface area contributed by atoms with Crippen LogP contribution < -0.4 is 15.4 Å². The number of benzene rings is 2. The second-order valence-electron chi connectivity index (χ2n) is 5.57. The first-order valence-electron chi connectivity index (χ1n) is 8.00. The average Bonchev–Trinajstić information content (AvgIpc) is 2.68. The highest BCUT2D eigenvalue weighted by atomic mass is 35.5. The van der Waals surface area contributed by atoms with Gasteiger partial charge in [0.2, 0.25) is 0 Å². The summed E-state index contributed by atoms with van der Waals surface area (Å²) < 4.78 is 18.0. The quantitative estimate of drug-likeness (QED) is 0.670. The Morgan fingerprint density at radius 3 is 2.56 bits per heavy atom. The number of nitrogens with one attached hydrogen (secondary N) is 2. The molecule has 3 aromatic rings. The summed E-state index contributed by atoms with van der Waals surface area (Å²) in [5.74, 6) is 0.343. The largest absolute Gasteiger partial charge is 0.495 e. The van der Waals surface area contributed by atoms with E-state index < -0.39 is 0 Å². The van der Waals surface area contributed by atoms with Gasteiger partial charge in [-0.3, -0.25) is 4.79 Å². The molecule has 138 valence electrons. The Balaban J connectivity index is 1.60. The van der Waals surface area contributed by atoms with E-state index in [2.05, 4.69) is 20.6 Å². The fourth-order valence-corrected chi connectivity index (χ4v) is 2.53. The van der Waals surface area contributed by atoms with E-state index in [1.807, 2.05) is 0 Å². The van der Waals surface area contributed by atoms with Crippen LogP contribution in [0.3, 0.4) is 0 Å². The first-order valence-corrected chi connectivity index (χ1v) is 8.38. The van der Waals surface area contributed by atoms with E-state index in [9.17, 15) is 9.18 Å². The molecule has 1 heterocycles. The van der Waals surface area contributed by atoms with Gasteiger partial charge >= 0.3 is 0 Å². The van der Waals surface area contributed by atoms with Crippen molar-refractivity contribution in [2.24, 2.45) is 0 Å². The lowest BCUT2D eigenvalue weighted by Crippen LogP contribution is -2.24. The minimum Gasteiger partial charge on any atom is -0.495 e. The maximum Gasteiger partial charge on any atom is 0.271 e. The SMILES string of the molecule is COc1ccc(Nc2cnc(C(=O)NCc3ccc(F)cc3)cn2)cc1Cl. The number of ether oxygens (including phenoxy) is 1. The van der Waals surface area contributed by atoms with Crippen LogP contribution in [0.1, 0.15) is 16.1 Å². The van der Waals surface area contributed by atoms with Crippen LogP contribution in [0.4, 0.5) is 15.9 Å². The minimum atomic E-state index is -0.370. The number of methoxy groups -OCH3 is 1. The Kier molecular flexibility index (Phi) is 5.83. The fourth-order valence-electron chi connectivity index (χ4n) is 2.28. The molecule has 0 spiro atoms. The van der Waals surface area contributed by atoms with Gasteiger partial charge in [-0.1, -0.05) is 23.7 Å². The monoisotopic (exact) mass is 386 g/mol. The number of rotatable bonds is 6. The third-order valence-corrected chi connectivity index (χ3v) is 3.97. The van der Waals surface area contributed by atoms with Gasteiger partial charge in [0.05, 0.1) is 24.5 Å². The molecule has 3 rings (SSSR count). The Labute approximate surface area is 160 Å². The molecule has 0 saturated carbocycles. The van der Waals surface area contributed by atoms with E-state index in [1.165, 1.54) is 24.5 Å². The van der Waals surface area contributed by atoms with Crippen LogP contribution in [0, 0.1) is 5.82 Å². The van der Waals surface area contributed by atoms with Crippen molar-refractivity contribution in [2.45, 2.75) is 6.54 Å². The van der Waals surface area contributed by atoms with Crippen molar-refractivity contribution in [3.05, 3.63) is 77.0 Å². The van der Waals surface area contributed by atoms with Crippen molar-refractivity contribution >= 4 is 29.0 Å². The van der Waals surface area contributed by atoms with Crippen molar-refractivity contribution < 1.29 is 13.9 Å². The van der Waals surface area contributed by atoms with Crippen molar-refractivity contribution in [2.75, 3.05) is 12.4 Å². The molecule has 0 aliphatic carbocycles. The number of carbonyl (C=O) groups excluding carboxylic acids is 1. The smallest absolute Gasteiger partial charge is 0.271 e. The molecule has 1 amide bonds. The van der Waals surface area contributed by atoms with Crippen molar-refractivity contribution in [1.29, 1.82) is 0 Å². The van der Waals surface area contributed by atoms with Gasteiger partial charge in [-0.15, -0.1) is 0 Å². The van der Waals surface area contributed by atoms with Crippen molar-refractivity contribution in [3.8, 4) is 5.75 Å². The molecule has 6 nitrogen and oxygen atoms in total. The van der Waals surface area contributed by atoms with E-state index in [1.54, 1.807) is 37.4 Å². The maximum atomic E-state index is 12.9. The number of hydrogen-bond acceptors (Lipinski definition) is 5. The van der Waals surface area contributed by atoms with Crippen LogP contribution in [0.5, 0.6) is 5.75 Å². The van der Waals surface area contributed by atoms with E-state index >= 15 is 0 Å². The fraction of sp³-hybridized carbons (Fsp3) is 0.105. The standard InChI is InChI=1S/C19H16ClFN4O2/c1-27-17-7-6-14(8-15(17)20)25-18-11-22-16(10-23-18)19(26)24-9-12-2-4-13(21)5-3-12/h2-8,10-11H,9H2,1H3,(H,23,25)(H,24,26). The Bertz CT molecular complexity index is 933.